The number of hydrogen-bond donors (Lipinski definition) is 2. The summed E-state index contributed by atoms with van der Waals surface area (Å²) in [4.78, 5) is 11.9. The van der Waals surface area contributed by atoms with E-state index in [1.807, 2.05) is 30.1 Å². The van der Waals surface area contributed by atoms with E-state index in [1.165, 1.54) is 0 Å². The number of nitrogens with zero attached hydrogens (tertiary/aromatic N) is 1. The summed E-state index contributed by atoms with van der Waals surface area (Å²) >= 11 is 0. The molecule has 1 aromatic rings. The standard InChI is InChI=1S/C17H27N3O3/c1-13-3-6-17(7-4-13)22-12-15(23-17)10-19-16(21)18-9-14-5-8-20(2)11-14/h5,8,11,13,15H,3-4,6-7,9-10,12H2,1-2H3,(H2,18,19,21)/t13?,15-,17?/m0/s1. The molecule has 23 heavy (non-hydrogen) atoms. The summed E-state index contributed by atoms with van der Waals surface area (Å²) < 4.78 is 14.0. The maximum absolute atomic E-state index is 11.9. The molecule has 2 amide bonds. The third kappa shape index (κ3) is 4.26. The molecule has 0 aromatic carbocycles. The molecule has 6 nitrogen and oxygen atoms in total. The fourth-order valence-electron chi connectivity index (χ4n) is 3.30. The van der Waals surface area contributed by atoms with Crippen LogP contribution >= 0.6 is 0 Å². The van der Waals surface area contributed by atoms with Gasteiger partial charge in [0.05, 0.1) is 6.61 Å². The first-order chi connectivity index (χ1) is 11.0. The molecule has 2 fully saturated rings. The summed E-state index contributed by atoms with van der Waals surface area (Å²) in [6.07, 6.45) is 8.13. The first-order valence-electron chi connectivity index (χ1n) is 8.49. The van der Waals surface area contributed by atoms with Crippen molar-refractivity contribution in [2.75, 3.05) is 13.2 Å². The topological polar surface area (TPSA) is 64.5 Å². The van der Waals surface area contributed by atoms with Gasteiger partial charge in [-0.25, -0.2) is 4.79 Å². The van der Waals surface area contributed by atoms with Crippen LogP contribution in [0, 0.1) is 5.92 Å². The van der Waals surface area contributed by atoms with E-state index in [4.69, 9.17) is 9.47 Å². The van der Waals surface area contributed by atoms with Gasteiger partial charge in [0.1, 0.15) is 6.10 Å². The third-order valence-corrected chi connectivity index (χ3v) is 4.79. The van der Waals surface area contributed by atoms with Gasteiger partial charge in [-0.15, -0.1) is 0 Å². The molecule has 0 unspecified atom stereocenters. The Morgan fingerprint density at radius 2 is 2.17 bits per heavy atom. The second kappa shape index (κ2) is 6.93. The van der Waals surface area contributed by atoms with Crippen LogP contribution in [-0.4, -0.2) is 35.6 Å². The summed E-state index contributed by atoms with van der Waals surface area (Å²) in [7, 11) is 1.96. The smallest absolute Gasteiger partial charge is 0.315 e. The van der Waals surface area contributed by atoms with E-state index in [0.717, 1.165) is 37.2 Å². The minimum atomic E-state index is -0.390. The molecule has 0 bridgehead atoms. The molecule has 0 radical (unpaired) electrons. The zero-order chi connectivity index (χ0) is 16.3. The Morgan fingerprint density at radius 3 is 2.87 bits per heavy atom. The lowest BCUT2D eigenvalue weighted by Crippen LogP contribution is -2.41. The SMILES string of the molecule is CC1CCC2(CC1)OC[C@H](CNC(=O)NCc1ccn(C)c1)O2. The molecule has 3 rings (SSSR count). The van der Waals surface area contributed by atoms with E-state index < -0.39 is 0 Å². The minimum absolute atomic E-state index is 0.0501. The first-order valence-corrected chi connectivity index (χ1v) is 8.49. The fraction of sp³-hybridized carbons (Fsp3) is 0.706. The monoisotopic (exact) mass is 321 g/mol. The van der Waals surface area contributed by atoms with Gasteiger partial charge in [0.15, 0.2) is 5.79 Å². The number of aromatic nitrogens is 1. The fourth-order valence-corrected chi connectivity index (χ4v) is 3.30. The van der Waals surface area contributed by atoms with Crippen LogP contribution in [0.2, 0.25) is 0 Å². The van der Waals surface area contributed by atoms with Gasteiger partial charge in [0.2, 0.25) is 0 Å². The largest absolute Gasteiger partial charge is 0.357 e. The highest BCUT2D eigenvalue weighted by Crippen LogP contribution is 2.39. The highest BCUT2D eigenvalue weighted by Gasteiger charge is 2.43. The van der Waals surface area contributed by atoms with Crippen LogP contribution in [0.3, 0.4) is 0 Å². The van der Waals surface area contributed by atoms with Crippen LogP contribution in [0.15, 0.2) is 18.5 Å². The Hall–Kier alpha value is -1.53. The van der Waals surface area contributed by atoms with Crippen LogP contribution in [0.4, 0.5) is 4.79 Å². The van der Waals surface area contributed by atoms with E-state index >= 15 is 0 Å². The van der Waals surface area contributed by atoms with Crippen molar-refractivity contribution < 1.29 is 14.3 Å². The lowest BCUT2D eigenvalue weighted by Gasteiger charge is -2.34. The lowest BCUT2D eigenvalue weighted by atomic mass is 9.86. The highest BCUT2D eigenvalue weighted by atomic mass is 16.7. The average Bonchev–Trinajstić information content (AvgIpc) is 3.13. The number of ether oxygens (including phenoxy) is 2. The number of amides is 2. The molecular weight excluding hydrogens is 294 g/mol. The van der Waals surface area contributed by atoms with Crippen molar-refractivity contribution in [2.45, 2.75) is 51.0 Å². The summed E-state index contributed by atoms with van der Waals surface area (Å²) in [6.45, 7) is 3.85. The van der Waals surface area contributed by atoms with Crippen molar-refractivity contribution in [3.63, 3.8) is 0 Å². The number of hydrogen-bond acceptors (Lipinski definition) is 3. The molecule has 1 saturated heterocycles. The van der Waals surface area contributed by atoms with Gasteiger partial charge in [-0.3, -0.25) is 0 Å². The second-order valence-electron chi connectivity index (χ2n) is 6.89. The Morgan fingerprint density at radius 1 is 1.39 bits per heavy atom. The predicted octanol–water partition coefficient (Wildman–Crippen LogP) is 2.15. The molecule has 1 spiro atoms. The zero-order valence-corrected chi connectivity index (χ0v) is 14.0. The zero-order valence-electron chi connectivity index (χ0n) is 14.0. The minimum Gasteiger partial charge on any atom is -0.357 e. The molecule has 1 atom stereocenters. The van der Waals surface area contributed by atoms with Crippen LogP contribution in [0.1, 0.15) is 38.2 Å². The molecular formula is C17H27N3O3. The number of rotatable bonds is 4. The average molecular weight is 321 g/mol. The van der Waals surface area contributed by atoms with Gasteiger partial charge < -0.3 is 24.7 Å². The Bertz CT molecular complexity index is 535. The number of urea groups is 1. The summed E-state index contributed by atoms with van der Waals surface area (Å²) in [5.41, 5.74) is 1.08. The predicted molar refractivity (Wildman–Crippen MR) is 86.8 cm³/mol. The Kier molecular flexibility index (Phi) is 4.92. The molecule has 1 aliphatic carbocycles. The third-order valence-electron chi connectivity index (χ3n) is 4.79. The van der Waals surface area contributed by atoms with E-state index in [1.54, 1.807) is 0 Å². The van der Waals surface area contributed by atoms with E-state index in [9.17, 15) is 4.79 Å². The molecule has 1 aromatic heterocycles. The summed E-state index contributed by atoms with van der Waals surface area (Å²) in [6, 6.07) is 1.82. The van der Waals surface area contributed by atoms with Crippen molar-refractivity contribution in [3.8, 4) is 0 Å². The maximum Gasteiger partial charge on any atom is 0.315 e. The Balaban J connectivity index is 1.36. The van der Waals surface area contributed by atoms with Gasteiger partial charge in [-0.05, 0) is 30.4 Å². The van der Waals surface area contributed by atoms with E-state index in [0.29, 0.717) is 19.7 Å². The van der Waals surface area contributed by atoms with Crippen LogP contribution < -0.4 is 10.6 Å². The lowest BCUT2D eigenvalue weighted by molar-refractivity contribution is -0.191. The summed E-state index contributed by atoms with van der Waals surface area (Å²) in [5, 5.41) is 5.72. The molecule has 1 aliphatic heterocycles. The first kappa shape index (κ1) is 16.3. The molecule has 128 valence electrons. The van der Waals surface area contributed by atoms with Crippen LogP contribution in [0.25, 0.3) is 0 Å². The van der Waals surface area contributed by atoms with Crippen molar-refractivity contribution in [1.82, 2.24) is 15.2 Å². The normalized spacial score (nSPS) is 30.5. The summed E-state index contributed by atoms with van der Waals surface area (Å²) in [5.74, 6) is 0.369. The number of aryl methyl sites for hydroxylation is 1. The van der Waals surface area contributed by atoms with Crippen molar-refractivity contribution in [2.24, 2.45) is 13.0 Å². The van der Waals surface area contributed by atoms with Gasteiger partial charge in [0.25, 0.3) is 0 Å². The van der Waals surface area contributed by atoms with Crippen molar-refractivity contribution >= 4 is 6.03 Å². The molecule has 2 aliphatic rings. The quantitative estimate of drug-likeness (QED) is 0.893. The maximum atomic E-state index is 11.9. The van der Waals surface area contributed by atoms with Gasteiger partial charge in [0, 0.05) is 45.4 Å². The van der Waals surface area contributed by atoms with Gasteiger partial charge >= 0.3 is 6.03 Å². The molecule has 2 N–H and O–H groups in total. The van der Waals surface area contributed by atoms with Crippen molar-refractivity contribution in [3.05, 3.63) is 24.0 Å². The Labute approximate surface area is 137 Å². The van der Waals surface area contributed by atoms with Gasteiger partial charge in [-0.1, -0.05) is 6.92 Å². The number of nitrogens with one attached hydrogen (secondary N) is 2. The van der Waals surface area contributed by atoms with Crippen LogP contribution in [-0.2, 0) is 23.1 Å². The molecule has 1 saturated carbocycles. The number of carbonyl (C=O) groups is 1. The van der Waals surface area contributed by atoms with E-state index in [2.05, 4.69) is 17.6 Å². The second-order valence-corrected chi connectivity index (χ2v) is 6.89. The van der Waals surface area contributed by atoms with Crippen molar-refractivity contribution in [1.29, 1.82) is 0 Å². The number of carbonyl (C=O) groups excluding carboxylic acids is 1. The van der Waals surface area contributed by atoms with Crippen LogP contribution in [0.5, 0.6) is 0 Å². The van der Waals surface area contributed by atoms with E-state index in [-0.39, 0.29) is 17.9 Å². The highest BCUT2D eigenvalue weighted by molar-refractivity contribution is 5.73. The molecule has 2 heterocycles. The molecule has 6 heteroatoms. The van der Waals surface area contributed by atoms with Gasteiger partial charge in [-0.2, -0.15) is 0 Å².